The Hall–Kier alpha value is -2.32. The van der Waals surface area contributed by atoms with Crippen LogP contribution < -0.4 is 0 Å². The molecular formula is C25H30N2. The van der Waals surface area contributed by atoms with E-state index in [1.807, 2.05) is 6.08 Å². The summed E-state index contributed by atoms with van der Waals surface area (Å²) in [6, 6.07) is 18.4. The van der Waals surface area contributed by atoms with Gasteiger partial charge in [0, 0.05) is 30.8 Å². The Morgan fingerprint density at radius 3 is 2.67 bits per heavy atom. The third-order valence-electron chi connectivity index (χ3n) is 6.12. The molecule has 0 bridgehead atoms. The van der Waals surface area contributed by atoms with Crippen LogP contribution in [-0.2, 0) is 6.54 Å². The van der Waals surface area contributed by atoms with Crippen molar-refractivity contribution in [3.05, 3.63) is 66.9 Å². The van der Waals surface area contributed by atoms with Crippen LogP contribution in [0.15, 0.2) is 61.3 Å². The largest absolute Gasteiger partial charge is 0.346 e. The molecule has 0 atom stereocenters. The van der Waals surface area contributed by atoms with Crippen molar-refractivity contribution in [3.8, 4) is 11.1 Å². The lowest BCUT2D eigenvalue weighted by Gasteiger charge is -2.31. The molecule has 1 aromatic heterocycles. The molecule has 27 heavy (non-hydrogen) atoms. The second-order valence-electron chi connectivity index (χ2n) is 7.88. The van der Waals surface area contributed by atoms with Crippen LogP contribution in [0.4, 0.5) is 0 Å². The Labute approximate surface area is 163 Å². The number of aromatic nitrogens is 1. The van der Waals surface area contributed by atoms with E-state index in [9.17, 15) is 0 Å². The maximum atomic E-state index is 3.89. The zero-order valence-corrected chi connectivity index (χ0v) is 16.4. The van der Waals surface area contributed by atoms with E-state index in [2.05, 4.69) is 77.8 Å². The molecular weight excluding hydrogens is 328 g/mol. The van der Waals surface area contributed by atoms with Crippen molar-refractivity contribution < 1.29 is 0 Å². The van der Waals surface area contributed by atoms with E-state index in [1.54, 1.807) is 0 Å². The fourth-order valence-electron chi connectivity index (χ4n) is 4.37. The van der Waals surface area contributed by atoms with Gasteiger partial charge in [0.05, 0.1) is 0 Å². The zero-order chi connectivity index (χ0) is 18.6. The van der Waals surface area contributed by atoms with Crippen LogP contribution in [0.2, 0.25) is 0 Å². The normalized spacial score (nSPS) is 15.5. The Kier molecular flexibility index (Phi) is 5.45. The van der Waals surface area contributed by atoms with Gasteiger partial charge in [0.2, 0.25) is 0 Å². The fraction of sp³-hybridized carbons (Fsp3) is 0.360. The molecule has 2 aromatic carbocycles. The molecule has 1 saturated carbocycles. The molecule has 2 nitrogen and oxygen atoms in total. The number of fused-ring (bicyclic) bond motifs is 1. The molecule has 0 spiro atoms. The summed E-state index contributed by atoms with van der Waals surface area (Å²) in [7, 11) is 2.30. The maximum Gasteiger partial charge on any atom is 0.0486 e. The van der Waals surface area contributed by atoms with Gasteiger partial charge in [-0.2, -0.15) is 0 Å². The molecule has 1 fully saturated rings. The van der Waals surface area contributed by atoms with Crippen molar-refractivity contribution in [1.82, 2.24) is 9.47 Å². The smallest absolute Gasteiger partial charge is 0.0486 e. The van der Waals surface area contributed by atoms with Crippen LogP contribution in [-0.4, -0.2) is 29.1 Å². The highest BCUT2D eigenvalue weighted by Gasteiger charge is 2.17. The van der Waals surface area contributed by atoms with Gasteiger partial charge in [0.25, 0.3) is 0 Å². The van der Waals surface area contributed by atoms with E-state index in [0.717, 1.165) is 24.7 Å². The molecule has 1 aliphatic carbocycles. The first kappa shape index (κ1) is 18.1. The Balaban J connectivity index is 1.54. The van der Waals surface area contributed by atoms with Crippen molar-refractivity contribution in [2.75, 3.05) is 13.6 Å². The third-order valence-corrected chi connectivity index (χ3v) is 6.12. The van der Waals surface area contributed by atoms with Crippen LogP contribution in [0.1, 0.15) is 37.7 Å². The van der Waals surface area contributed by atoms with Gasteiger partial charge < -0.3 is 9.47 Å². The molecule has 2 heteroatoms. The standard InChI is InChI=1S/C25H30N2/c1-3-20-8-7-9-22(18-20)23-13-12-21-14-15-27(25(21)19-23)17-16-26(2)24-10-5-4-6-11-24/h3,7-9,12-15,18-19,24H,1,4-6,10-11,16-17H2,2H3. The van der Waals surface area contributed by atoms with Gasteiger partial charge in [-0.05, 0) is 60.2 Å². The van der Waals surface area contributed by atoms with E-state index in [4.69, 9.17) is 0 Å². The molecule has 140 valence electrons. The monoisotopic (exact) mass is 358 g/mol. The van der Waals surface area contributed by atoms with Crippen molar-refractivity contribution in [2.45, 2.75) is 44.7 Å². The van der Waals surface area contributed by atoms with E-state index in [0.29, 0.717) is 0 Å². The maximum absolute atomic E-state index is 3.89. The average Bonchev–Trinajstić information content (AvgIpc) is 3.15. The molecule has 0 saturated heterocycles. The number of rotatable bonds is 6. The summed E-state index contributed by atoms with van der Waals surface area (Å²) < 4.78 is 2.41. The molecule has 0 radical (unpaired) electrons. The molecule has 4 rings (SSSR count). The summed E-state index contributed by atoms with van der Waals surface area (Å²) in [5.41, 5.74) is 5.01. The number of hydrogen-bond acceptors (Lipinski definition) is 1. The predicted octanol–water partition coefficient (Wildman–Crippen LogP) is 6.22. The highest BCUT2D eigenvalue weighted by atomic mass is 15.1. The first-order chi connectivity index (χ1) is 13.2. The number of hydrogen-bond donors (Lipinski definition) is 0. The highest BCUT2D eigenvalue weighted by Crippen LogP contribution is 2.27. The number of nitrogens with zero attached hydrogens (tertiary/aromatic N) is 2. The molecule has 0 unspecified atom stereocenters. The summed E-state index contributed by atoms with van der Waals surface area (Å²) in [6.45, 7) is 6.06. The first-order valence-corrected chi connectivity index (χ1v) is 10.3. The molecule has 1 aliphatic rings. The second kappa shape index (κ2) is 8.14. The Morgan fingerprint density at radius 2 is 1.85 bits per heavy atom. The lowest BCUT2D eigenvalue weighted by Crippen LogP contribution is -2.35. The van der Waals surface area contributed by atoms with E-state index in [1.165, 1.54) is 54.1 Å². The van der Waals surface area contributed by atoms with Crippen LogP contribution in [0, 0.1) is 0 Å². The van der Waals surface area contributed by atoms with E-state index >= 15 is 0 Å². The SMILES string of the molecule is C=Cc1cccc(-c2ccc3ccn(CCN(C)C4CCCCC4)c3c2)c1. The van der Waals surface area contributed by atoms with Crippen molar-refractivity contribution >= 4 is 17.0 Å². The Morgan fingerprint density at radius 1 is 1.04 bits per heavy atom. The number of benzene rings is 2. The molecule has 3 aromatic rings. The molecule has 0 amide bonds. The fourth-order valence-corrected chi connectivity index (χ4v) is 4.37. The van der Waals surface area contributed by atoms with Gasteiger partial charge in [0.1, 0.15) is 0 Å². The summed E-state index contributed by atoms with van der Waals surface area (Å²) >= 11 is 0. The number of likely N-dealkylation sites (N-methyl/N-ethyl adjacent to an activating group) is 1. The summed E-state index contributed by atoms with van der Waals surface area (Å²) in [5.74, 6) is 0. The topological polar surface area (TPSA) is 8.17 Å². The van der Waals surface area contributed by atoms with Crippen molar-refractivity contribution in [3.63, 3.8) is 0 Å². The highest BCUT2D eigenvalue weighted by molar-refractivity contribution is 5.85. The van der Waals surface area contributed by atoms with Crippen LogP contribution in [0.3, 0.4) is 0 Å². The molecule has 0 aliphatic heterocycles. The predicted molar refractivity (Wildman–Crippen MR) is 117 cm³/mol. The van der Waals surface area contributed by atoms with Crippen LogP contribution in [0.5, 0.6) is 0 Å². The van der Waals surface area contributed by atoms with Crippen LogP contribution in [0.25, 0.3) is 28.1 Å². The zero-order valence-electron chi connectivity index (χ0n) is 16.4. The summed E-state index contributed by atoms with van der Waals surface area (Å²) in [6.07, 6.45) is 11.1. The van der Waals surface area contributed by atoms with Gasteiger partial charge in [-0.25, -0.2) is 0 Å². The first-order valence-electron chi connectivity index (χ1n) is 10.3. The average molecular weight is 359 g/mol. The lowest BCUT2D eigenvalue weighted by atomic mass is 9.94. The minimum Gasteiger partial charge on any atom is -0.346 e. The third kappa shape index (κ3) is 4.01. The van der Waals surface area contributed by atoms with Crippen molar-refractivity contribution in [2.24, 2.45) is 0 Å². The molecule has 1 heterocycles. The molecule has 0 N–H and O–H groups in total. The Bertz CT molecular complexity index is 915. The van der Waals surface area contributed by atoms with Gasteiger partial charge in [-0.15, -0.1) is 0 Å². The summed E-state index contributed by atoms with van der Waals surface area (Å²) in [4.78, 5) is 2.57. The van der Waals surface area contributed by atoms with E-state index < -0.39 is 0 Å². The van der Waals surface area contributed by atoms with Crippen LogP contribution >= 0.6 is 0 Å². The van der Waals surface area contributed by atoms with E-state index in [-0.39, 0.29) is 0 Å². The van der Waals surface area contributed by atoms with Gasteiger partial charge in [-0.3, -0.25) is 0 Å². The van der Waals surface area contributed by atoms with Gasteiger partial charge >= 0.3 is 0 Å². The minimum atomic E-state index is 0.776. The quantitative estimate of drug-likeness (QED) is 0.508. The van der Waals surface area contributed by atoms with Gasteiger partial charge in [0.15, 0.2) is 0 Å². The second-order valence-corrected chi connectivity index (χ2v) is 7.88. The minimum absolute atomic E-state index is 0.776. The summed E-state index contributed by atoms with van der Waals surface area (Å²) in [5, 5.41) is 1.32. The van der Waals surface area contributed by atoms with Crippen molar-refractivity contribution in [1.29, 1.82) is 0 Å². The lowest BCUT2D eigenvalue weighted by molar-refractivity contribution is 0.186. The van der Waals surface area contributed by atoms with Gasteiger partial charge in [-0.1, -0.05) is 62.2 Å².